The molecule has 0 unspecified atom stereocenters. The van der Waals surface area contributed by atoms with Gasteiger partial charge >= 0.3 is 0 Å². The third kappa shape index (κ3) is 6.79. The van der Waals surface area contributed by atoms with Gasteiger partial charge in [0, 0.05) is 12.5 Å². The maximum Gasteiger partial charge on any atom is 0.161 e. The summed E-state index contributed by atoms with van der Waals surface area (Å²) in [5.74, 6) is 1.10. The Labute approximate surface area is 105 Å². The molecular formula is C14H26O3. The van der Waals surface area contributed by atoms with Crippen molar-refractivity contribution in [3.05, 3.63) is 0 Å². The molecule has 0 amide bonds. The van der Waals surface area contributed by atoms with Crippen molar-refractivity contribution in [1.82, 2.24) is 0 Å². The molecule has 1 fully saturated rings. The summed E-state index contributed by atoms with van der Waals surface area (Å²) in [6.45, 7) is 6.40. The van der Waals surface area contributed by atoms with E-state index in [4.69, 9.17) is 9.47 Å². The molecule has 1 aliphatic carbocycles. The molecule has 17 heavy (non-hydrogen) atoms. The molecule has 1 rings (SSSR count). The van der Waals surface area contributed by atoms with Gasteiger partial charge in [-0.2, -0.15) is 0 Å². The topological polar surface area (TPSA) is 35.5 Å². The first kappa shape index (κ1) is 14.7. The van der Waals surface area contributed by atoms with Crippen LogP contribution in [0.1, 0.15) is 46.0 Å². The molecule has 1 aliphatic rings. The van der Waals surface area contributed by atoms with Crippen molar-refractivity contribution in [2.45, 2.75) is 46.0 Å². The van der Waals surface area contributed by atoms with Crippen molar-refractivity contribution in [1.29, 1.82) is 0 Å². The zero-order valence-corrected chi connectivity index (χ0v) is 11.2. The Bertz CT molecular complexity index is 208. The predicted molar refractivity (Wildman–Crippen MR) is 68.1 cm³/mol. The molecule has 3 heteroatoms. The van der Waals surface area contributed by atoms with E-state index in [-0.39, 0.29) is 18.3 Å². The number of rotatable bonds is 8. The lowest BCUT2D eigenvalue weighted by molar-refractivity contribution is -0.129. The average Bonchev–Trinajstić information content (AvgIpc) is 2.34. The molecule has 0 radical (unpaired) electrons. The van der Waals surface area contributed by atoms with Gasteiger partial charge in [0.15, 0.2) is 5.78 Å². The highest BCUT2D eigenvalue weighted by Crippen LogP contribution is 2.24. The van der Waals surface area contributed by atoms with Crippen molar-refractivity contribution in [2.24, 2.45) is 11.8 Å². The Balaban J connectivity index is 1.96. The monoisotopic (exact) mass is 242 g/mol. The minimum atomic E-state index is 0.264. The van der Waals surface area contributed by atoms with Gasteiger partial charge < -0.3 is 9.47 Å². The summed E-state index contributed by atoms with van der Waals surface area (Å²) in [4.78, 5) is 11.8. The minimum absolute atomic E-state index is 0.264. The Morgan fingerprint density at radius 1 is 1.12 bits per heavy atom. The molecule has 0 aromatic carbocycles. The smallest absolute Gasteiger partial charge is 0.161 e. The van der Waals surface area contributed by atoms with E-state index in [0.29, 0.717) is 19.1 Å². The summed E-state index contributed by atoms with van der Waals surface area (Å²) in [6.07, 6.45) is 5.81. The molecule has 0 saturated heterocycles. The lowest BCUT2D eigenvalue weighted by Crippen LogP contribution is -2.23. The zero-order valence-electron chi connectivity index (χ0n) is 11.2. The largest absolute Gasteiger partial charge is 0.379 e. The van der Waals surface area contributed by atoms with Crippen LogP contribution in [0.5, 0.6) is 0 Å². The second-order valence-corrected chi connectivity index (χ2v) is 5.32. The highest BCUT2D eigenvalue weighted by Gasteiger charge is 2.20. The van der Waals surface area contributed by atoms with Gasteiger partial charge in [-0.05, 0) is 18.8 Å². The molecule has 1 saturated carbocycles. The number of carbonyl (C=O) groups excluding carboxylic acids is 1. The fourth-order valence-corrected chi connectivity index (χ4v) is 2.15. The molecule has 3 nitrogen and oxygen atoms in total. The number of ketones is 1. The SMILES string of the molecule is CC(C)COCCOCC(=O)C1CCCCC1. The summed E-state index contributed by atoms with van der Waals surface area (Å²) >= 11 is 0. The molecular weight excluding hydrogens is 216 g/mol. The van der Waals surface area contributed by atoms with E-state index in [1.807, 2.05) is 0 Å². The molecule has 0 aromatic rings. The van der Waals surface area contributed by atoms with Crippen LogP contribution in [0.2, 0.25) is 0 Å². The summed E-state index contributed by atoms with van der Waals surface area (Å²) in [7, 11) is 0. The zero-order chi connectivity index (χ0) is 12.5. The van der Waals surface area contributed by atoms with Crippen LogP contribution in [0.4, 0.5) is 0 Å². The van der Waals surface area contributed by atoms with Gasteiger partial charge in [-0.15, -0.1) is 0 Å². The molecule has 0 aliphatic heterocycles. The van der Waals surface area contributed by atoms with Gasteiger partial charge in [0.25, 0.3) is 0 Å². The summed E-state index contributed by atoms with van der Waals surface area (Å²) in [5.41, 5.74) is 0. The third-order valence-electron chi connectivity index (χ3n) is 3.13. The van der Waals surface area contributed by atoms with Crippen molar-refractivity contribution < 1.29 is 14.3 Å². The standard InChI is InChI=1S/C14H26O3/c1-12(2)10-16-8-9-17-11-14(15)13-6-4-3-5-7-13/h12-13H,3-11H2,1-2H3. The van der Waals surface area contributed by atoms with E-state index in [9.17, 15) is 4.79 Å². The van der Waals surface area contributed by atoms with Crippen LogP contribution >= 0.6 is 0 Å². The van der Waals surface area contributed by atoms with Crippen LogP contribution in [-0.2, 0) is 14.3 Å². The maximum atomic E-state index is 11.8. The Morgan fingerprint density at radius 2 is 1.76 bits per heavy atom. The number of hydrogen-bond donors (Lipinski definition) is 0. The predicted octanol–water partition coefficient (Wildman–Crippen LogP) is 2.83. The Hall–Kier alpha value is -0.410. The normalized spacial score (nSPS) is 17.6. The number of hydrogen-bond acceptors (Lipinski definition) is 3. The van der Waals surface area contributed by atoms with Gasteiger partial charge in [-0.1, -0.05) is 33.1 Å². The van der Waals surface area contributed by atoms with Crippen LogP contribution in [0, 0.1) is 11.8 Å². The van der Waals surface area contributed by atoms with Gasteiger partial charge in [-0.25, -0.2) is 0 Å². The highest BCUT2D eigenvalue weighted by molar-refractivity contribution is 5.82. The number of ether oxygens (including phenoxy) is 2. The van der Waals surface area contributed by atoms with Crippen LogP contribution in [-0.4, -0.2) is 32.2 Å². The van der Waals surface area contributed by atoms with Crippen LogP contribution < -0.4 is 0 Å². The van der Waals surface area contributed by atoms with E-state index >= 15 is 0 Å². The van der Waals surface area contributed by atoms with E-state index < -0.39 is 0 Å². The maximum absolute atomic E-state index is 11.8. The Morgan fingerprint density at radius 3 is 2.41 bits per heavy atom. The summed E-state index contributed by atoms with van der Waals surface area (Å²) < 4.78 is 10.7. The first-order valence-corrected chi connectivity index (χ1v) is 6.88. The van der Waals surface area contributed by atoms with Gasteiger partial charge in [0.1, 0.15) is 6.61 Å². The van der Waals surface area contributed by atoms with E-state index in [1.54, 1.807) is 0 Å². The quantitative estimate of drug-likeness (QED) is 0.614. The molecule has 100 valence electrons. The molecule has 0 aromatic heterocycles. The van der Waals surface area contributed by atoms with E-state index in [2.05, 4.69) is 13.8 Å². The highest BCUT2D eigenvalue weighted by atomic mass is 16.5. The molecule has 0 spiro atoms. The molecule has 0 atom stereocenters. The molecule has 0 N–H and O–H groups in total. The minimum Gasteiger partial charge on any atom is -0.379 e. The van der Waals surface area contributed by atoms with Crippen LogP contribution in [0.3, 0.4) is 0 Å². The second-order valence-electron chi connectivity index (χ2n) is 5.32. The molecule has 0 bridgehead atoms. The van der Waals surface area contributed by atoms with Crippen molar-refractivity contribution >= 4 is 5.78 Å². The lowest BCUT2D eigenvalue weighted by Gasteiger charge is -2.20. The fraction of sp³-hybridized carbons (Fsp3) is 0.929. The van der Waals surface area contributed by atoms with Gasteiger partial charge in [0.05, 0.1) is 13.2 Å². The van der Waals surface area contributed by atoms with Gasteiger partial charge in [0.2, 0.25) is 0 Å². The van der Waals surface area contributed by atoms with Crippen LogP contribution in [0.15, 0.2) is 0 Å². The molecule has 0 heterocycles. The Kier molecular flexibility index (Phi) is 7.45. The average molecular weight is 242 g/mol. The van der Waals surface area contributed by atoms with Gasteiger partial charge in [-0.3, -0.25) is 4.79 Å². The third-order valence-corrected chi connectivity index (χ3v) is 3.13. The lowest BCUT2D eigenvalue weighted by atomic mass is 9.86. The van der Waals surface area contributed by atoms with Crippen LogP contribution in [0.25, 0.3) is 0 Å². The first-order chi connectivity index (χ1) is 8.20. The fourth-order valence-electron chi connectivity index (χ4n) is 2.15. The first-order valence-electron chi connectivity index (χ1n) is 6.88. The number of carbonyl (C=O) groups is 1. The van der Waals surface area contributed by atoms with Crippen molar-refractivity contribution in [2.75, 3.05) is 26.4 Å². The van der Waals surface area contributed by atoms with E-state index in [0.717, 1.165) is 19.4 Å². The number of Topliss-reactive ketones (excluding diaryl/α,β-unsaturated/α-hetero) is 1. The van der Waals surface area contributed by atoms with Crippen molar-refractivity contribution in [3.8, 4) is 0 Å². The summed E-state index contributed by atoms with van der Waals surface area (Å²) in [6, 6.07) is 0. The van der Waals surface area contributed by atoms with E-state index in [1.165, 1.54) is 19.3 Å². The van der Waals surface area contributed by atoms with Crippen molar-refractivity contribution in [3.63, 3.8) is 0 Å². The summed E-state index contributed by atoms with van der Waals surface area (Å²) in [5, 5.41) is 0. The second kappa shape index (κ2) is 8.65.